The molecule has 0 bridgehead atoms. The molecule has 1 amide bonds. The molecule has 0 aromatic heterocycles. The molecule has 2 aromatic rings. The number of nitrogens with one attached hydrogen (secondary N) is 1. The molecule has 0 aliphatic carbocycles. The van der Waals surface area contributed by atoms with Crippen LogP contribution in [0.1, 0.15) is 36.5 Å². The van der Waals surface area contributed by atoms with Crippen molar-refractivity contribution in [1.29, 1.82) is 0 Å². The van der Waals surface area contributed by atoms with Gasteiger partial charge in [-0.2, -0.15) is 0 Å². The molecule has 0 unspecified atom stereocenters. The largest absolute Gasteiger partial charge is 0.399 e. The zero-order valence-electron chi connectivity index (χ0n) is 12.8. The maximum atomic E-state index is 12.3. The highest BCUT2D eigenvalue weighted by Gasteiger charge is 2.12. The van der Waals surface area contributed by atoms with Crippen molar-refractivity contribution in [1.82, 2.24) is 0 Å². The zero-order chi connectivity index (χ0) is 15.4. The predicted molar refractivity (Wildman–Crippen MR) is 88.5 cm³/mol. The van der Waals surface area contributed by atoms with Crippen molar-refractivity contribution in [2.24, 2.45) is 0 Å². The molecule has 2 rings (SSSR count). The molecule has 0 atom stereocenters. The smallest absolute Gasteiger partial charge is 0.228 e. The van der Waals surface area contributed by atoms with E-state index in [2.05, 4.69) is 25.2 Å². The first-order chi connectivity index (χ1) is 9.97. The van der Waals surface area contributed by atoms with E-state index < -0.39 is 0 Å². The third-order valence-corrected chi connectivity index (χ3v) is 3.51. The van der Waals surface area contributed by atoms with Crippen LogP contribution in [-0.2, 0) is 11.2 Å². The second kappa shape index (κ2) is 6.44. The number of carbonyl (C=O) groups is 1. The van der Waals surface area contributed by atoms with E-state index in [0.29, 0.717) is 18.0 Å². The van der Waals surface area contributed by atoms with Crippen molar-refractivity contribution < 1.29 is 4.79 Å². The summed E-state index contributed by atoms with van der Waals surface area (Å²) in [7, 11) is 0. The first kappa shape index (κ1) is 15.1. The van der Waals surface area contributed by atoms with Gasteiger partial charge in [0.1, 0.15) is 0 Å². The fourth-order valence-corrected chi connectivity index (χ4v) is 2.41. The summed E-state index contributed by atoms with van der Waals surface area (Å²) in [5.74, 6) is 0.351. The Morgan fingerprint density at radius 1 is 1.19 bits per heavy atom. The number of anilines is 2. The Labute approximate surface area is 126 Å². The maximum absolute atomic E-state index is 12.3. The normalized spacial score (nSPS) is 10.7. The second-order valence-corrected chi connectivity index (χ2v) is 5.66. The fraction of sp³-hybridized carbons (Fsp3) is 0.278. The first-order valence-electron chi connectivity index (χ1n) is 7.21. The van der Waals surface area contributed by atoms with Crippen molar-refractivity contribution in [2.45, 2.75) is 33.1 Å². The molecule has 3 N–H and O–H groups in total. The molecule has 0 saturated heterocycles. The van der Waals surface area contributed by atoms with E-state index >= 15 is 0 Å². The standard InChI is InChI=1S/C18H22N2O/c1-12(2)16-9-4-6-13(3)18(16)20-17(21)11-14-7-5-8-15(19)10-14/h4-10,12H,11,19H2,1-3H3,(H,20,21). The van der Waals surface area contributed by atoms with Crippen LogP contribution in [0.15, 0.2) is 42.5 Å². The topological polar surface area (TPSA) is 55.1 Å². The molecule has 0 saturated carbocycles. The number of carbonyl (C=O) groups excluding carboxylic acids is 1. The minimum absolute atomic E-state index is 0.0169. The van der Waals surface area contributed by atoms with Crippen molar-refractivity contribution in [2.75, 3.05) is 11.1 Å². The Hall–Kier alpha value is -2.29. The number of hydrogen-bond donors (Lipinski definition) is 2. The molecule has 0 heterocycles. The molecule has 0 aliphatic rings. The van der Waals surface area contributed by atoms with Gasteiger partial charge in [0, 0.05) is 11.4 Å². The monoisotopic (exact) mass is 282 g/mol. The summed E-state index contributed by atoms with van der Waals surface area (Å²) in [5.41, 5.74) is 10.5. The van der Waals surface area contributed by atoms with E-state index in [-0.39, 0.29) is 5.91 Å². The summed E-state index contributed by atoms with van der Waals surface area (Å²) in [6.45, 7) is 6.27. The quantitative estimate of drug-likeness (QED) is 0.836. The van der Waals surface area contributed by atoms with Crippen molar-refractivity contribution in [3.05, 3.63) is 59.2 Å². The van der Waals surface area contributed by atoms with Gasteiger partial charge < -0.3 is 11.1 Å². The van der Waals surface area contributed by atoms with E-state index in [0.717, 1.165) is 22.4 Å². The molecule has 0 aliphatic heterocycles. The highest BCUT2D eigenvalue weighted by molar-refractivity contribution is 5.94. The minimum Gasteiger partial charge on any atom is -0.399 e. The number of hydrogen-bond acceptors (Lipinski definition) is 2. The molecule has 3 heteroatoms. The SMILES string of the molecule is Cc1cccc(C(C)C)c1NC(=O)Cc1cccc(N)c1. The van der Waals surface area contributed by atoms with Gasteiger partial charge in [0.25, 0.3) is 0 Å². The Kier molecular flexibility index (Phi) is 4.63. The Morgan fingerprint density at radius 2 is 1.90 bits per heavy atom. The summed E-state index contributed by atoms with van der Waals surface area (Å²) in [6.07, 6.45) is 0.330. The average Bonchev–Trinajstić information content (AvgIpc) is 2.40. The number of benzene rings is 2. The number of nitrogens with two attached hydrogens (primary N) is 1. The number of rotatable bonds is 4. The highest BCUT2D eigenvalue weighted by atomic mass is 16.1. The zero-order valence-corrected chi connectivity index (χ0v) is 12.8. The molecule has 0 radical (unpaired) electrons. The van der Waals surface area contributed by atoms with Gasteiger partial charge >= 0.3 is 0 Å². The van der Waals surface area contributed by atoms with Gasteiger partial charge in [0.2, 0.25) is 5.91 Å². The Bertz CT molecular complexity index is 647. The predicted octanol–water partition coefficient (Wildman–Crippen LogP) is 3.88. The lowest BCUT2D eigenvalue weighted by molar-refractivity contribution is -0.115. The van der Waals surface area contributed by atoms with Gasteiger partial charge in [-0.25, -0.2) is 0 Å². The van der Waals surface area contributed by atoms with Crippen LogP contribution in [0.3, 0.4) is 0 Å². The first-order valence-corrected chi connectivity index (χ1v) is 7.21. The third-order valence-electron chi connectivity index (χ3n) is 3.51. The molecular formula is C18H22N2O. The van der Waals surface area contributed by atoms with E-state index in [1.807, 2.05) is 43.3 Å². The lowest BCUT2D eigenvalue weighted by Gasteiger charge is -2.16. The van der Waals surface area contributed by atoms with Crippen LogP contribution < -0.4 is 11.1 Å². The Balaban J connectivity index is 2.17. The molecule has 2 aromatic carbocycles. The third kappa shape index (κ3) is 3.85. The number of aryl methyl sites for hydroxylation is 1. The van der Waals surface area contributed by atoms with Crippen molar-refractivity contribution in [3.8, 4) is 0 Å². The number of nitrogen functional groups attached to an aromatic ring is 1. The van der Waals surface area contributed by atoms with Crippen LogP contribution in [-0.4, -0.2) is 5.91 Å². The summed E-state index contributed by atoms with van der Waals surface area (Å²) in [4.78, 5) is 12.3. The van der Waals surface area contributed by atoms with Crippen LogP contribution in [0.2, 0.25) is 0 Å². The number of para-hydroxylation sites is 1. The molecule has 21 heavy (non-hydrogen) atoms. The number of amides is 1. The van der Waals surface area contributed by atoms with Crippen molar-refractivity contribution in [3.63, 3.8) is 0 Å². The summed E-state index contributed by atoms with van der Waals surface area (Å²) >= 11 is 0. The lowest BCUT2D eigenvalue weighted by atomic mass is 9.98. The van der Waals surface area contributed by atoms with Gasteiger partial charge in [-0.15, -0.1) is 0 Å². The molecule has 0 fully saturated rings. The molecule has 0 spiro atoms. The second-order valence-electron chi connectivity index (χ2n) is 5.66. The van der Waals surface area contributed by atoms with Crippen LogP contribution in [0.5, 0.6) is 0 Å². The van der Waals surface area contributed by atoms with E-state index in [9.17, 15) is 4.79 Å². The average molecular weight is 282 g/mol. The van der Waals surface area contributed by atoms with Crippen LogP contribution in [0, 0.1) is 6.92 Å². The molecular weight excluding hydrogens is 260 g/mol. The van der Waals surface area contributed by atoms with Gasteiger partial charge in [-0.3, -0.25) is 4.79 Å². The minimum atomic E-state index is -0.0169. The van der Waals surface area contributed by atoms with Gasteiger partial charge in [0.05, 0.1) is 6.42 Å². The maximum Gasteiger partial charge on any atom is 0.228 e. The Morgan fingerprint density at radius 3 is 2.57 bits per heavy atom. The van der Waals surface area contributed by atoms with Gasteiger partial charge in [-0.05, 0) is 41.7 Å². The van der Waals surface area contributed by atoms with E-state index in [4.69, 9.17) is 5.73 Å². The van der Waals surface area contributed by atoms with Gasteiger partial charge in [-0.1, -0.05) is 44.2 Å². The summed E-state index contributed by atoms with van der Waals surface area (Å²) < 4.78 is 0. The lowest BCUT2D eigenvalue weighted by Crippen LogP contribution is -2.17. The summed E-state index contributed by atoms with van der Waals surface area (Å²) in [6, 6.07) is 13.5. The molecule has 110 valence electrons. The van der Waals surface area contributed by atoms with Crippen LogP contribution >= 0.6 is 0 Å². The van der Waals surface area contributed by atoms with E-state index in [1.165, 1.54) is 0 Å². The molecule has 3 nitrogen and oxygen atoms in total. The fourth-order valence-electron chi connectivity index (χ4n) is 2.41. The van der Waals surface area contributed by atoms with Crippen molar-refractivity contribution >= 4 is 17.3 Å². The summed E-state index contributed by atoms with van der Waals surface area (Å²) in [5, 5.41) is 3.05. The van der Waals surface area contributed by atoms with Gasteiger partial charge in [0.15, 0.2) is 0 Å². The van der Waals surface area contributed by atoms with E-state index in [1.54, 1.807) is 0 Å². The van der Waals surface area contributed by atoms with Crippen LogP contribution in [0.4, 0.5) is 11.4 Å². The van der Waals surface area contributed by atoms with Crippen LogP contribution in [0.25, 0.3) is 0 Å². The highest BCUT2D eigenvalue weighted by Crippen LogP contribution is 2.27.